The van der Waals surface area contributed by atoms with E-state index in [2.05, 4.69) is 17.1 Å². The first kappa shape index (κ1) is 13.2. The lowest BCUT2D eigenvalue weighted by Crippen LogP contribution is -2.44. The number of thioether (sulfide) groups is 1. The molecule has 0 radical (unpaired) electrons. The third-order valence-corrected chi connectivity index (χ3v) is 4.23. The number of carbonyl (C=O) groups excluding carboxylic acids is 1. The predicted molar refractivity (Wildman–Crippen MR) is 70.5 cm³/mol. The molecule has 0 aromatic carbocycles. The Hall–Kier alpha value is -1.24. The molecule has 7 heteroatoms. The minimum atomic E-state index is 0.176. The van der Waals surface area contributed by atoms with E-state index in [1.54, 1.807) is 0 Å². The second-order valence-corrected chi connectivity index (χ2v) is 5.40. The monoisotopic (exact) mass is 269 g/mol. The van der Waals surface area contributed by atoms with Gasteiger partial charge in [0.1, 0.15) is 6.33 Å². The van der Waals surface area contributed by atoms with Crippen LogP contribution in [0.1, 0.15) is 32.6 Å². The van der Waals surface area contributed by atoms with Gasteiger partial charge in [0.05, 0.1) is 5.75 Å². The maximum Gasteiger partial charge on any atom is 0.233 e. The first-order chi connectivity index (χ1) is 8.72. The molecule has 1 fully saturated rings. The number of rotatable bonds is 4. The lowest BCUT2D eigenvalue weighted by molar-refractivity contribution is -0.132. The van der Waals surface area contributed by atoms with Crippen molar-refractivity contribution >= 4 is 17.7 Å². The first-order valence-corrected chi connectivity index (χ1v) is 7.28. The Kier molecular flexibility index (Phi) is 4.46. The highest BCUT2D eigenvalue weighted by atomic mass is 32.2. The topological polar surface area (TPSA) is 77.0 Å². The summed E-state index contributed by atoms with van der Waals surface area (Å²) >= 11 is 1.34. The predicted octanol–water partition coefficient (Wildman–Crippen LogP) is 0.875. The molecule has 1 aliphatic heterocycles. The summed E-state index contributed by atoms with van der Waals surface area (Å²) in [7, 11) is 0. The Morgan fingerprint density at radius 1 is 1.61 bits per heavy atom. The van der Waals surface area contributed by atoms with Gasteiger partial charge in [-0.3, -0.25) is 4.79 Å². The van der Waals surface area contributed by atoms with E-state index in [4.69, 9.17) is 5.84 Å². The van der Waals surface area contributed by atoms with Gasteiger partial charge in [-0.1, -0.05) is 18.7 Å². The lowest BCUT2D eigenvalue weighted by Gasteiger charge is -2.35. The third kappa shape index (κ3) is 2.95. The van der Waals surface area contributed by atoms with Crippen molar-refractivity contribution < 1.29 is 4.79 Å². The lowest BCUT2D eigenvalue weighted by atomic mass is 10.0. The summed E-state index contributed by atoms with van der Waals surface area (Å²) < 4.78 is 1.34. The van der Waals surface area contributed by atoms with Gasteiger partial charge in [0.15, 0.2) is 0 Å². The second-order valence-electron chi connectivity index (χ2n) is 4.45. The number of likely N-dealkylation sites (tertiary alicyclic amines) is 1. The molecule has 1 aromatic heterocycles. The summed E-state index contributed by atoms with van der Waals surface area (Å²) in [5, 5.41) is 8.11. The Morgan fingerprint density at radius 2 is 2.44 bits per heavy atom. The van der Waals surface area contributed by atoms with Crippen molar-refractivity contribution in [2.75, 3.05) is 18.1 Å². The normalized spacial score (nSPS) is 20.1. The molecule has 2 rings (SSSR count). The van der Waals surface area contributed by atoms with Crippen LogP contribution < -0.4 is 5.84 Å². The number of amides is 1. The maximum absolute atomic E-state index is 12.2. The number of aromatic nitrogens is 3. The van der Waals surface area contributed by atoms with E-state index < -0.39 is 0 Å². The molecule has 1 saturated heterocycles. The number of hydrogen-bond acceptors (Lipinski definition) is 5. The molecular formula is C11H19N5OS. The van der Waals surface area contributed by atoms with Crippen molar-refractivity contribution in [1.82, 2.24) is 19.8 Å². The van der Waals surface area contributed by atoms with E-state index in [9.17, 15) is 4.79 Å². The Morgan fingerprint density at radius 3 is 3.11 bits per heavy atom. The highest BCUT2D eigenvalue weighted by Gasteiger charge is 2.25. The van der Waals surface area contributed by atoms with E-state index in [0.717, 1.165) is 25.8 Å². The Bertz CT molecular complexity index is 408. The molecule has 1 amide bonds. The van der Waals surface area contributed by atoms with E-state index >= 15 is 0 Å². The summed E-state index contributed by atoms with van der Waals surface area (Å²) in [5.74, 6) is 6.16. The van der Waals surface area contributed by atoms with Crippen LogP contribution in [0.4, 0.5) is 0 Å². The molecule has 6 nitrogen and oxygen atoms in total. The number of nitrogen functional groups attached to an aromatic ring is 1. The molecule has 2 heterocycles. The van der Waals surface area contributed by atoms with Crippen LogP contribution in [0.3, 0.4) is 0 Å². The third-order valence-electron chi connectivity index (χ3n) is 3.28. The summed E-state index contributed by atoms with van der Waals surface area (Å²) in [6.07, 6.45) is 5.93. The van der Waals surface area contributed by atoms with Crippen LogP contribution in [0.2, 0.25) is 0 Å². The molecule has 1 aliphatic rings. The smallest absolute Gasteiger partial charge is 0.233 e. The average Bonchev–Trinajstić information content (AvgIpc) is 2.81. The van der Waals surface area contributed by atoms with Crippen molar-refractivity contribution in [1.29, 1.82) is 0 Å². The number of carbonyl (C=O) groups is 1. The minimum absolute atomic E-state index is 0.176. The van der Waals surface area contributed by atoms with Crippen LogP contribution in [-0.4, -0.2) is 44.0 Å². The van der Waals surface area contributed by atoms with Gasteiger partial charge < -0.3 is 10.7 Å². The molecule has 0 saturated carbocycles. The molecule has 0 bridgehead atoms. The van der Waals surface area contributed by atoms with Crippen molar-refractivity contribution in [2.45, 2.75) is 43.8 Å². The van der Waals surface area contributed by atoms with Gasteiger partial charge in [-0.25, -0.2) is 4.68 Å². The van der Waals surface area contributed by atoms with Crippen molar-refractivity contribution in [3.8, 4) is 0 Å². The van der Waals surface area contributed by atoms with Gasteiger partial charge in [0, 0.05) is 12.6 Å². The average molecular weight is 269 g/mol. The zero-order valence-corrected chi connectivity index (χ0v) is 11.4. The van der Waals surface area contributed by atoms with Crippen molar-refractivity contribution in [2.24, 2.45) is 0 Å². The molecule has 100 valence electrons. The molecular weight excluding hydrogens is 250 g/mol. The van der Waals surface area contributed by atoms with Gasteiger partial charge >= 0.3 is 0 Å². The van der Waals surface area contributed by atoms with Crippen LogP contribution in [-0.2, 0) is 4.79 Å². The summed E-state index contributed by atoms with van der Waals surface area (Å²) in [6.45, 7) is 3.02. The van der Waals surface area contributed by atoms with E-state index in [0.29, 0.717) is 17.0 Å². The van der Waals surface area contributed by atoms with Gasteiger partial charge in [-0.2, -0.15) is 0 Å². The standard InChI is InChI=1S/C11H19N5OS/c1-2-9-5-3-4-6-15(9)10(17)7-18-11-14-13-8-16(11)12/h8-9H,2-7,12H2,1H3/t9-/m0/s1. The number of piperidine rings is 1. The van der Waals surface area contributed by atoms with Gasteiger partial charge in [0.2, 0.25) is 11.1 Å². The SMILES string of the molecule is CC[C@H]1CCCCN1C(=O)CSc1nncn1N. The molecule has 1 atom stereocenters. The first-order valence-electron chi connectivity index (χ1n) is 6.29. The van der Waals surface area contributed by atoms with Crippen molar-refractivity contribution in [3.05, 3.63) is 6.33 Å². The van der Waals surface area contributed by atoms with Gasteiger partial charge in [0.25, 0.3) is 0 Å². The van der Waals surface area contributed by atoms with Crippen molar-refractivity contribution in [3.63, 3.8) is 0 Å². The maximum atomic E-state index is 12.2. The summed E-state index contributed by atoms with van der Waals surface area (Å²) in [5.41, 5.74) is 0. The molecule has 0 aliphatic carbocycles. The highest BCUT2D eigenvalue weighted by molar-refractivity contribution is 7.99. The number of nitrogens with two attached hydrogens (primary N) is 1. The van der Waals surface area contributed by atoms with Crippen LogP contribution in [0.5, 0.6) is 0 Å². The fourth-order valence-electron chi connectivity index (χ4n) is 2.30. The Labute approximate surface area is 111 Å². The van der Waals surface area contributed by atoms with Crippen LogP contribution in [0.25, 0.3) is 0 Å². The summed E-state index contributed by atoms with van der Waals surface area (Å²) in [6, 6.07) is 0.405. The largest absolute Gasteiger partial charge is 0.339 e. The number of hydrogen-bond donors (Lipinski definition) is 1. The van der Waals surface area contributed by atoms with Gasteiger partial charge in [-0.15, -0.1) is 10.2 Å². The van der Waals surface area contributed by atoms with Crippen LogP contribution >= 0.6 is 11.8 Å². The van der Waals surface area contributed by atoms with Gasteiger partial charge in [-0.05, 0) is 25.7 Å². The van der Waals surface area contributed by atoms with E-state index in [1.807, 2.05) is 4.90 Å². The van der Waals surface area contributed by atoms with E-state index in [1.165, 1.54) is 29.2 Å². The molecule has 2 N–H and O–H groups in total. The highest BCUT2D eigenvalue weighted by Crippen LogP contribution is 2.21. The second kappa shape index (κ2) is 6.08. The molecule has 0 spiro atoms. The molecule has 0 unspecified atom stereocenters. The van der Waals surface area contributed by atoms with E-state index in [-0.39, 0.29) is 5.91 Å². The zero-order chi connectivity index (χ0) is 13.0. The molecule has 18 heavy (non-hydrogen) atoms. The quantitative estimate of drug-likeness (QED) is 0.648. The fraction of sp³-hybridized carbons (Fsp3) is 0.727. The van der Waals surface area contributed by atoms with Crippen LogP contribution in [0, 0.1) is 0 Å². The number of nitrogens with zero attached hydrogens (tertiary/aromatic N) is 4. The summed E-state index contributed by atoms with van der Waals surface area (Å²) in [4.78, 5) is 14.2. The Balaban J connectivity index is 1.89. The molecule has 1 aromatic rings. The fourth-order valence-corrected chi connectivity index (χ4v) is 3.02. The zero-order valence-electron chi connectivity index (χ0n) is 10.6. The minimum Gasteiger partial charge on any atom is -0.339 e. The van der Waals surface area contributed by atoms with Crippen LogP contribution in [0.15, 0.2) is 11.5 Å².